The van der Waals surface area contributed by atoms with Gasteiger partial charge < -0.3 is 9.47 Å². The van der Waals surface area contributed by atoms with Gasteiger partial charge in [-0.15, -0.1) is 0 Å². The Labute approximate surface area is 201 Å². The van der Waals surface area contributed by atoms with E-state index in [2.05, 4.69) is 13.8 Å². The van der Waals surface area contributed by atoms with Gasteiger partial charge in [-0.2, -0.15) is 8.42 Å². The first-order valence-corrected chi connectivity index (χ1v) is 14.2. The highest BCUT2D eigenvalue weighted by molar-refractivity contribution is 7.85. The second-order valence-corrected chi connectivity index (χ2v) is 10.6. The van der Waals surface area contributed by atoms with Crippen LogP contribution in [0.2, 0.25) is 0 Å². The Morgan fingerprint density at radius 1 is 0.758 bits per heavy atom. The Hall–Kier alpha value is -1.19. The first kappa shape index (κ1) is 31.8. The van der Waals surface area contributed by atoms with Crippen LogP contribution in [0.15, 0.2) is 0 Å². The summed E-state index contributed by atoms with van der Waals surface area (Å²) in [6.45, 7) is 7.33. The van der Waals surface area contributed by atoms with Gasteiger partial charge in [-0.25, -0.2) is 0 Å². The van der Waals surface area contributed by atoms with Crippen LogP contribution in [-0.4, -0.2) is 67.4 Å². The summed E-state index contributed by atoms with van der Waals surface area (Å²) in [5, 5.41) is 0. The topological polar surface area (TPSA) is 110 Å². The average Bonchev–Trinajstić information content (AvgIpc) is 2.71. The number of esters is 2. The molecule has 2 atom stereocenters. The number of nitrogens with zero attached hydrogens (tertiary/aromatic N) is 1. The highest BCUT2D eigenvalue weighted by Crippen LogP contribution is 2.11. The van der Waals surface area contributed by atoms with Crippen molar-refractivity contribution in [2.24, 2.45) is 0 Å². The summed E-state index contributed by atoms with van der Waals surface area (Å²) >= 11 is 0. The normalized spacial score (nSPS) is 13.6. The van der Waals surface area contributed by atoms with Gasteiger partial charge >= 0.3 is 11.9 Å². The first-order valence-electron chi connectivity index (χ1n) is 12.6. The fourth-order valence-electron chi connectivity index (χ4n) is 3.54. The molecule has 0 radical (unpaired) electrons. The van der Waals surface area contributed by atoms with E-state index < -0.39 is 27.8 Å². The Morgan fingerprint density at radius 3 is 1.52 bits per heavy atom. The minimum absolute atomic E-state index is 0.167. The Kier molecular flexibility index (Phi) is 18.5. The Balaban J connectivity index is 4.53. The molecule has 0 amide bonds. The van der Waals surface area contributed by atoms with Crippen molar-refractivity contribution in [3.8, 4) is 0 Å². The van der Waals surface area contributed by atoms with E-state index in [0.717, 1.165) is 38.5 Å². The molecule has 0 fully saturated rings. The molecule has 0 saturated carbocycles. The Bertz CT molecular complexity index is 588. The van der Waals surface area contributed by atoms with Crippen LogP contribution in [0.25, 0.3) is 0 Å². The second kappa shape index (κ2) is 19.2. The van der Waals surface area contributed by atoms with Gasteiger partial charge in [0.15, 0.2) is 0 Å². The zero-order valence-electron chi connectivity index (χ0n) is 21.2. The summed E-state index contributed by atoms with van der Waals surface area (Å²) in [4.78, 5) is 26.0. The van der Waals surface area contributed by atoms with Gasteiger partial charge in [0.05, 0.1) is 31.1 Å². The van der Waals surface area contributed by atoms with Crippen molar-refractivity contribution in [3.05, 3.63) is 0 Å². The van der Waals surface area contributed by atoms with Gasteiger partial charge in [0.2, 0.25) is 0 Å². The molecule has 0 rings (SSSR count). The molecule has 0 aliphatic carbocycles. The fourth-order valence-corrected chi connectivity index (χ4v) is 4.02. The number of ether oxygens (including phenoxy) is 2. The van der Waals surface area contributed by atoms with E-state index in [0.29, 0.717) is 0 Å². The Morgan fingerprint density at radius 2 is 1.15 bits per heavy atom. The summed E-state index contributed by atoms with van der Waals surface area (Å²) in [6.07, 6.45) is 12.2. The molecule has 0 aromatic heterocycles. The van der Waals surface area contributed by atoms with Crippen molar-refractivity contribution < 1.29 is 32.0 Å². The maximum atomic E-state index is 12.3. The number of hydrogen-bond donors (Lipinski definition) is 1. The van der Waals surface area contributed by atoms with E-state index in [9.17, 15) is 18.0 Å². The van der Waals surface area contributed by atoms with E-state index in [-0.39, 0.29) is 31.8 Å². The molecule has 2 unspecified atom stereocenters. The molecule has 9 heteroatoms. The fraction of sp³-hybridized carbons (Fsp3) is 0.917. The van der Waals surface area contributed by atoms with E-state index in [4.69, 9.17) is 14.0 Å². The van der Waals surface area contributed by atoms with Crippen molar-refractivity contribution in [3.63, 3.8) is 0 Å². The van der Waals surface area contributed by atoms with Crippen LogP contribution in [0.1, 0.15) is 105 Å². The predicted molar refractivity (Wildman–Crippen MR) is 131 cm³/mol. The van der Waals surface area contributed by atoms with Gasteiger partial charge in [0.25, 0.3) is 10.1 Å². The van der Waals surface area contributed by atoms with E-state index in [1.165, 1.54) is 43.4 Å². The van der Waals surface area contributed by atoms with Crippen LogP contribution < -0.4 is 0 Å². The smallest absolute Gasteiger partial charge is 0.320 e. The van der Waals surface area contributed by atoms with Gasteiger partial charge in [0.1, 0.15) is 0 Å². The lowest BCUT2D eigenvalue weighted by molar-refractivity contribution is -0.153. The SMILES string of the molecule is CCCCCCCC(C)OC(=O)CN(CCS(=O)(=O)O)CC(=O)OC(C)CCCCCCC. The second-order valence-electron chi connectivity index (χ2n) is 9.00. The van der Waals surface area contributed by atoms with E-state index >= 15 is 0 Å². The van der Waals surface area contributed by atoms with Crippen LogP contribution in [0, 0.1) is 0 Å². The van der Waals surface area contributed by atoms with Gasteiger partial charge in [0, 0.05) is 6.54 Å². The summed E-state index contributed by atoms with van der Waals surface area (Å²) in [7, 11) is -4.22. The van der Waals surface area contributed by atoms with Crippen LogP contribution in [0.5, 0.6) is 0 Å². The van der Waals surface area contributed by atoms with Crippen molar-refractivity contribution in [2.75, 3.05) is 25.4 Å². The molecule has 0 aliphatic rings. The van der Waals surface area contributed by atoms with Crippen molar-refractivity contribution >= 4 is 22.1 Å². The molecule has 0 heterocycles. The quantitative estimate of drug-likeness (QED) is 0.138. The highest BCUT2D eigenvalue weighted by atomic mass is 32.2. The summed E-state index contributed by atoms with van der Waals surface area (Å²) in [6, 6.07) is 0. The van der Waals surface area contributed by atoms with Crippen LogP contribution in [0.3, 0.4) is 0 Å². The minimum Gasteiger partial charge on any atom is -0.462 e. The largest absolute Gasteiger partial charge is 0.462 e. The van der Waals surface area contributed by atoms with Crippen LogP contribution in [0.4, 0.5) is 0 Å². The van der Waals surface area contributed by atoms with Gasteiger partial charge in [-0.05, 0) is 39.5 Å². The minimum atomic E-state index is -4.22. The third-order valence-electron chi connectivity index (χ3n) is 5.46. The molecule has 33 heavy (non-hydrogen) atoms. The number of hydrogen-bond acceptors (Lipinski definition) is 7. The molecule has 0 bridgehead atoms. The number of carbonyl (C=O) groups excluding carboxylic acids is 2. The molecule has 8 nitrogen and oxygen atoms in total. The van der Waals surface area contributed by atoms with Crippen molar-refractivity contribution in [2.45, 2.75) is 117 Å². The number of unbranched alkanes of at least 4 members (excludes halogenated alkanes) is 8. The molecule has 0 aromatic carbocycles. The average molecular weight is 494 g/mol. The first-order chi connectivity index (χ1) is 15.6. The van der Waals surface area contributed by atoms with Crippen LogP contribution in [-0.2, 0) is 29.2 Å². The van der Waals surface area contributed by atoms with E-state index in [1.54, 1.807) is 0 Å². The third-order valence-corrected chi connectivity index (χ3v) is 6.16. The lowest BCUT2D eigenvalue weighted by Gasteiger charge is -2.22. The molecule has 0 spiro atoms. The number of carbonyl (C=O) groups is 2. The monoisotopic (exact) mass is 493 g/mol. The molecule has 196 valence electrons. The summed E-state index contributed by atoms with van der Waals surface area (Å²) in [5.74, 6) is -1.63. The standard InChI is InChI=1S/C24H47NO7S/c1-5-7-9-11-13-15-21(3)31-23(26)19-25(17-18-33(28,29)30)20-24(27)32-22(4)16-14-12-10-8-6-2/h21-22H,5-20H2,1-4H3,(H,28,29,30). The number of rotatable bonds is 21. The van der Waals surface area contributed by atoms with Crippen LogP contribution >= 0.6 is 0 Å². The maximum Gasteiger partial charge on any atom is 0.320 e. The summed E-state index contributed by atoms with van der Waals surface area (Å²) < 4.78 is 42.2. The molecular weight excluding hydrogens is 446 g/mol. The van der Waals surface area contributed by atoms with E-state index in [1.807, 2.05) is 13.8 Å². The van der Waals surface area contributed by atoms with Gasteiger partial charge in [-0.3, -0.25) is 19.0 Å². The zero-order valence-corrected chi connectivity index (χ0v) is 22.0. The maximum absolute atomic E-state index is 12.3. The van der Waals surface area contributed by atoms with Crippen molar-refractivity contribution in [1.29, 1.82) is 0 Å². The zero-order chi connectivity index (χ0) is 25.1. The molecule has 1 N–H and O–H groups in total. The molecule has 0 aliphatic heterocycles. The lowest BCUT2D eigenvalue weighted by Crippen LogP contribution is -2.40. The molecular formula is C24H47NO7S. The molecule has 0 aromatic rings. The predicted octanol–water partition coefficient (Wildman–Crippen LogP) is 4.76. The third kappa shape index (κ3) is 21.1. The van der Waals surface area contributed by atoms with Gasteiger partial charge in [-0.1, -0.05) is 65.2 Å². The molecule has 0 saturated heterocycles. The highest BCUT2D eigenvalue weighted by Gasteiger charge is 2.21. The van der Waals surface area contributed by atoms with Crippen molar-refractivity contribution in [1.82, 2.24) is 4.90 Å². The lowest BCUT2D eigenvalue weighted by atomic mass is 10.1. The summed E-state index contributed by atoms with van der Waals surface area (Å²) in [5.41, 5.74) is 0.